The minimum absolute atomic E-state index is 0.153. The predicted molar refractivity (Wildman–Crippen MR) is 121 cm³/mol. The van der Waals surface area contributed by atoms with Crippen molar-refractivity contribution in [1.82, 2.24) is 4.98 Å². The van der Waals surface area contributed by atoms with E-state index in [-0.39, 0.29) is 6.04 Å². The smallest absolute Gasteiger partial charge is 0.145 e. The van der Waals surface area contributed by atoms with Crippen LogP contribution in [0.5, 0.6) is 17.2 Å². The zero-order chi connectivity index (χ0) is 21.1. The van der Waals surface area contributed by atoms with Gasteiger partial charge in [0.15, 0.2) is 0 Å². The molecule has 1 atom stereocenters. The van der Waals surface area contributed by atoms with Gasteiger partial charge in [0.2, 0.25) is 0 Å². The number of rotatable bonds is 7. The van der Waals surface area contributed by atoms with Gasteiger partial charge in [0.05, 0.1) is 33.1 Å². The molecule has 3 aromatic carbocycles. The van der Waals surface area contributed by atoms with E-state index in [1.165, 1.54) is 10.9 Å². The number of aryl methyl sites for hydroxylation is 1. The third-order valence-corrected chi connectivity index (χ3v) is 5.39. The van der Waals surface area contributed by atoms with Gasteiger partial charge in [0.1, 0.15) is 17.2 Å². The SMILES string of the molecule is COc1ccc(N[C@H](c2ccccc2OC)c2c(C)[nH]c3ccccc23)c(OC)c1. The summed E-state index contributed by atoms with van der Waals surface area (Å²) >= 11 is 0. The van der Waals surface area contributed by atoms with Crippen LogP contribution in [-0.4, -0.2) is 26.3 Å². The lowest BCUT2D eigenvalue weighted by Gasteiger charge is -2.24. The maximum Gasteiger partial charge on any atom is 0.145 e. The summed E-state index contributed by atoms with van der Waals surface area (Å²) in [5.74, 6) is 2.29. The van der Waals surface area contributed by atoms with Crippen LogP contribution >= 0.6 is 0 Å². The van der Waals surface area contributed by atoms with Crippen molar-refractivity contribution in [2.75, 3.05) is 26.6 Å². The van der Waals surface area contributed by atoms with Crippen molar-refractivity contribution in [2.45, 2.75) is 13.0 Å². The molecule has 0 saturated carbocycles. The van der Waals surface area contributed by atoms with Crippen molar-refractivity contribution >= 4 is 16.6 Å². The summed E-state index contributed by atoms with van der Waals surface area (Å²) < 4.78 is 16.7. The lowest BCUT2D eigenvalue weighted by atomic mass is 9.94. The van der Waals surface area contributed by atoms with E-state index in [4.69, 9.17) is 14.2 Å². The molecular formula is C25H26N2O3. The van der Waals surface area contributed by atoms with Crippen LogP contribution in [0.4, 0.5) is 5.69 Å². The molecule has 0 aliphatic carbocycles. The second kappa shape index (κ2) is 8.41. The molecule has 0 fully saturated rings. The van der Waals surface area contributed by atoms with E-state index in [2.05, 4.69) is 41.5 Å². The number of anilines is 1. The first-order valence-electron chi connectivity index (χ1n) is 9.85. The van der Waals surface area contributed by atoms with Gasteiger partial charge in [0.25, 0.3) is 0 Å². The van der Waals surface area contributed by atoms with Crippen LogP contribution in [-0.2, 0) is 0 Å². The summed E-state index contributed by atoms with van der Waals surface area (Å²) in [7, 11) is 5.01. The van der Waals surface area contributed by atoms with Crippen molar-refractivity contribution in [1.29, 1.82) is 0 Å². The van der Waals surface area contributed by atoms with Gasteiger partial charge in [-0.15, -0.1) is 0 Å². The van der Waals surface area contributed by atoms with Crippen LogP contribution < -0.4 is 19.5 Å². The molecule has 5 heteroatoms. The highest BCUT2D eigenvalue weighted by molar-refractivity contribution is 5.86. The summed E-state index contributed by atoms with van der Waals surface area (Å²) in [4.78, 5) is 3.52. The Balaban J connectivity index is 1.90. The zero-order valence-electron chi connectivity index (χ0n) is 17.7. The van der Waals surface area contributed by atoms with Crippen LogP contribution in [0.2, 0.25) is 0 Å². The quantitative estimate of drug-likeness (QED) is 0.416. The fourth-order valence-corrected chi connectivity index (χ4v) is 3.95. The Morgan fingerprint density at radius 3 is 2.30 bits per heavy atom. The van der Waals surface area contributed by atoms with Crippen molar-refractivity contribution in [2.24, 2.45) is 0 Å². The lowest BCUT2D eigenvalue weighted by molar-refractivity contribution is 0.395. The summed E-state index contributed by atoms with van der Waals surface area (Å²) in [5, 5.41) is 4.87. The van der Waals surface area contributed by atoms with E-state index >= 15 is 0 Å². The number of para-hydroxylation sites is 2. The highest BCUT2D eigenvalue weighted by Gasteiger charge is 2.24. The minimum atomic E-state index is -0.153. The Hall–Kier alpha value is -3.60. The summed E-state index contributed by atoms with van der Waals surface area (Å²) in [6.45, 7) is 2.10. The number of fused-ring (bicyclic) bond motifs is 1. The number of methoxy groups -OCH3 is 3. The number of hydrogen-bond acceptors (Lipinski definition) is 4. The second-order valence-corrected chi connectivity index (χ2v) is 7.09. The molecule has 1 aromatic heterocycles. The molecule has 0 aliphatic heterocycles. The molecule has 1 heterocycles. The first kappa shape index (κ1) is 19.7. The molecule has 154 valence electrons. The number of hydrogen-bond donors (Lipinski definition) is 2. The monoisotopic (exact) mass is 402 g/mol. The van der Waals surface area contributed by atoms with E-state index in [1.807, 2.05) is 42.5 Å². The fraction of sp³-hybridized carbons (Fsp3) is 0.200. The highest BCUT2D eigenvalue weighted by atomic mass is 16.5. The van der Waals surface area contributed by atoms with Gasteiger partial charge in [-0.3, -0.25) is 0 Å². The molecule has 30 heavy (non-hydrogen) atoms. The predicted octanol–water partition coefficient (Wildman–Crippen LogP) is 5.70. The number of aromatic nitrogens is 1. The normalized spacial score (nSPS) is 11.9. The number of H-pyrrole nitrogens is 1. The molecule has 5 nitrogen and oxygen atoms in total. The third kappa shape index (κ3) is 3.54. The van der Waals surface area contributed by atoms with Gasteiger partial charge in [-0.25, -0.2) is 0 Å². The average molecular weight is 402 g/mol. The van der Waals surface area contributed by atoms with E-state index in [9.17, 15) is 0 Å². The highest BCUT2D eigenvalue weighted by Crippen LogP contribution is 2.40. The molecular weight excluding hydrogens is 376 g/mol. The van der Waals surface area contributed by atoms with Crippen LogP contribution in [0.3, 0.4) is 0 Å². The first-order chi connectivity index (χ1) is 14.7. The summed E-state index contributed by atoms with van der Waals surface area (Å²) in [6.07, 6.45) is 0. The topological polar surface area (TPSA) is 55.5 Å². The van der Waals surface area contributed by atoms with Gasteiger partial charge in [-0.05, 0) is 31.2 Å². The molecule has 0 bridgehead atoms. The van der Waals surface area contributed by atoms with E-state index in [0.717, 1.165) is 34.0 Å². The molecule has 2 N–H and O–H groups in total. The Morgan fingerprint density at radius 2 is 1.53 bits per heavy atom. The third-order valence-electron chi connectivity index (χ3n) is 5.39. The Kier molecular flexibility index (Phi) is 5.53. The molecule has 4 aromatic rings. The minimum Gasteiger partial charge on any atom is -0.497 e. The van der Waals surface area contributed by atoms with Gasteiger partial charge >= 0.3 is 0 Å². The zero-order valence-corrected chi connectivity index (χ0v) is 17.7. The Bertz CT molecular complexity index is 1170. The molecule has 0 unspecified atom stereocenters. The molecule has 0 saturated heterocycles. The number of nitrogens with one attached hydrogen (secondary N) is 2. The van der Waals surface area contributed by atoms with Crippen LogP contribution in [0.1, 0.15) is 22.9 Å². The van der Waals surface area contributed by atoms with E-state index in [0.29, 0.717) is 5.75 Å². The number of benzene rings is 3. The maximum atomic E-state index is 5.71. The number of ether oxygens (including phenoxy) is 3. The van der Waals surface area contributed by atoms with Gasteiger partial charge < -0.3 is 24.5 Å². The lowest BCUT2D eigenvalue weighted by Crippen LogP contribution is -2.15. The standard InChI is InChI=1S/C25H26N2O3/c1-16-24(18-9-5-7-11-20(18)26-16)25(19-10-6-8-12-22(19)29-3)27-21-14-13-17(28-2)15-23(21)30-4/h5-15,25-27H,1-4H3/t25-/m1/s1. The second-order valence-electron chi connectivity index (χ2n) is 7.09. The van der Waals surface area contributed by atoms with Gasteiger partial charge in [0, 0.05) is 33.8 Å². The summed E-state index contributed by atoms with van der Waals surface area (Å²) in [5.41, 5.74) is 5.30. The van der Waals surface area contributed by atoms with Crippen molar-refractivity contribution in [3.63, 3.8) is 0 Å². The van der Waals surface area contributed by atoms with Gasteiger partial charge in [-0.2, -0.15) is 0 Å². The van der Waals surface area contributed by atoms with Crippen LogP contribution in [0, 0.1) is 6.92 Å². The molecule has 4 rings (SSSR count). The van der Waals surface area contributed by atoms with Crippen molar-refractivity contribution in [3.8, 4) is 17.2 Å². The molecule has 0 amide bonds. The summed E-state index contributed by atoms with van der Waals surface area (Å²) in [6, 6.07) is 22.1. The molecule has 0 spiro atoms. The fourth-order valence-electron chi connectivity index (χ4n) is 3.95. The van der Waals surface area contributed by atoms with E-state index in [1.54, 1.807) is 21.3 Å². The number of aromatic amines is 1. The molecule has 0 radical (unpaired) electrons. The Labute approximate surface area is 176 Å². The van der Waals surface area contributed by atoms with E-state index < -0.39 is 0 Å². The van der Waals surface area contributed by atoms with Crippen molar-refractivity contribution in [3.05, 3.63) is 83.6 Å². The average Bonchev–Trinajstić information content (AvgIpc) is 3.13. The van der Waals surface area contributed by atoms with Crippen molar-refractivity contribution < 1.29 is 14.2 Å². The first-order valence-corrected chi connectivity index (χ1v) is 9.85. The van der Waals surface area contributed by atoms with Gasteiger partial charge in [-0.1, -0.05) is 36.4 Å². The van der Waals surface area contributed by atoms with Crippen LogP contribution in [0.15, 0.2) is 66.7 Å². The largest absolute Gasteiger partial charge is 0.497 e. The van der Waals surface area contributed by atoms with Crippen LogP contribution in [0.25, 0.3) is 10.9 Å². The maximum absolute atomic E-state index is 5.71. The molecule has 0 aliphatic rings. The Morgan fingerprint density at radius 1 is 0.800 bits per heavy atom.